The van der Waals surface area contributed by atoms with Gasteiger partial charge in [-0.3, -0.25) is 0 Å². The molecule has 0 aromatic heterocycles. The molecule has 1 aliphatic heterocycles. The van der Waals surface area contributed by atoms with Crippen molar-refractivity contribution in [3.63, 3.8) is 0 Å². The SMILES string of the molecule is C/C=C1/CNCCC1=N. The van der Waals surface area contributed by atoms with Gasteiger partial charge in [-0.1, -0.05) is 6.08 Å². The van der Waals surface area contributed by atoms with Crippen LogP contribution in [0.15, 0.2) is 11.6 Å². The Kier molecular flexibility index (Phi) is 2.01. The zero-order valence-electron chi connectivity index (χ0n) is 5.70. The molecule has 1 rings (SSSR count). The summed E-state index contributed by atoms with van der Waals surface area (Å²) in [5, 5.41) is 10.6. The van der Waals surface area contributed by atoms with E-state index in [1.165, 1.54) is 0 Å². The molecule has 2 N–H and O–H groups in total. The third kappa shape index (κ3) is 1.39. The summed E-state index contributed by atoms with van der Waals surface area (Å²) in [5.41, 5.74) is 1.96. The van der Waals surface area contributed by atoms with Gasteiger partial charge in [0.1, 0.15) is 0 Å². The maximum atomic E-state index is 7.44. The third-order valence-electron chi connectivity index (χ3n) is 1.60. The van der Waals surface area contributed by atoms with E-state index in [1.54, 1.807) is 0 Å². The van der Waals surface area contributed by atoms with Gasteiger partial charge in [-0.2, -0.15) is 0 Å². The van der Waals surface area contributed by atoms with Gasteiger partial charge in [-0.15, -0.1) is 0 Å². The van der Waals surface area contributed by atoms with Crippen LogP contribution < -0.4 is 5.32 Å². The van der Waals surface area contributed by atoms with Crippen molar-refractivity contribution in [2.24, 2.45) is 0 Å². The van der Waals surface area contributed by atoms with Crippen molar-refractivity contribution in [1.29, 1.82) is 5.41 Å². The van der Waals surface area contributed by atoms with Gasteiger partial charge in [-0.05, 0) is 12.5 Å². The van der Waals surface area contributed by atoms with Crippen LogP contribution in [0.3, 0.4) is 0 Å². The average molecular weight is 124 g/mol. The van der Waals surface area contributed by atoms with Gasteiger partial charge < -0.3 is 10.7 Å². The highest BCUT2D eigenvalue weighted by atomic mass is 14.9. The van der Waals surface area contributed by atoms with Crippen LogP contribution in [0.5, 0.6) is 0 Å². The highest BCUT2D eigenvalue weighted by Gasteiger charge is 2.08. The Hall–Kier alpha value is -0.630. The van der Waals surface area contributed by atoms with E-state index in [0.717, 1.165) is 30.8 Å². The first-order valence-electron chi connectivity index (χ1n) is 3.28. The molecule has 0 aromatic carbocycles. The molecule has 0 aliphatic carbocycles. The third-order valence-corrected chi connectivity index (χ3v) is 1.60. The van der Waals surface area contributed by atoms with E-state index in [2.05, 4.69) is 5.32 Å². The fourth-order valence-electron chi connectivity index (χ4n) is 0.980. The van der Waals surface area contributed by atoms with E-state index in [1.807, 2.05) is 13.0 Å². The number of nitrogens with one attached hydrogen (secondary N) is 2. The van der Waals surface area contributed by atoms with E-state index in [-0.39, 0.29) is 0 Å². The number of rotatable bonds is 0. The molecular formula is C7H12N2. The Morgan fingerprint density at radius 2 is 2.44 bits per heavy atom. The lowest BCUT2D eigenvalue weighted by Crippen LogP contribution is -2.29. The van der Waals surface area contributed by atoms with Crippen LogP contribution in [0.1, 0.15) is 13.3 Å². The Morgan fingerprint density at radius 3 is 2.89 bits per heavy atom. The number of piperidine rings is 1. The Bertz CT molecular complexity index is 147. The van der Waals surface area contributed by atoms with Crippen LogP contribution in [-0.2, 0) is 0 Å². The van der Waals surface area contributed by atoms with Gasteiger partial charge in [0, 0.05) is 25.2 Å². The van der Waals surface area contributed by atoms with E-state index < -0.39 is 0 Å². The Labute approximate surface area is 55.5 Å². The van der Waals surface area contributed by atoms with Gasteiger partial charge >= 0.3 is 0 Å². The minimum Gasteiger partial charge on any atom is -0.312 e. The molecular weight excluding hydrogens is 112 g/mol. The van der Waals surface area contributed by atoms with Crippen LogP contribution >= 0.6 is 0 Å². The molecule has 0 bridgehead atoms. The molecule has 2 nitrogen and oxygen atoms in total. The topological polar surface area (TPSA) is 35.9 Å². The van der Waals surface area contributed by atoms with Crippen molar-refractivity contribution in [3.8, 4) is 0 Å². The number of hydrogen-bond donors (Lipinski definition) is 2. The highest BCUT2D eigenvalue weighted by Crippen LogP contribution is 2.02. The molecule has 0 atom stereocenters. The Balaban J connectivity index is 2.60. The summed E-state index contributed by atoms with van der Waals surface area (Å²) in [5.74, 6) is 0. The summed E-state index contributed by atoms with van der Waals surface area (Å²) >= 11 is 0. The number of hydrogen-bond acceptors (Lipinski definition) is 2. The van der Waals surface area contributed by atoms with Gasteiger partial charge in [-0.25, -0.2) is 0 Å². The summed E-state index contributed by atoms with van der Waals surface area (Å²) in [6.45, 7) is 3.84. The molecule has 50 valence electrons. The van der Waals surface area contributed by atoms with E-state index in [4.69, 9.17) is 5.41 Å². The van der Waals surface area contributed by atoms with Crippen molar-refractivity contribution >= 4 is 5.71 Å². The van der Waals surface area contributed by atoms with Crippen molar-refractivity contribution in [2.45, 2.75) is 13.3 Å². The fourth-order valence-corrected chi connectivity index (χ4v) is 0.980. The predicted molar refractivity (Wildman–Crippen MR) is 39.0 cm³/mol. The molecule has 0 spiro atoms. The smallest absolute Gasteiger partial charge is 0.0368 e. The van der Waals surface area contributed by atoms with Crippen molar-refractivity contribution < 1.29 is 0 Å². The average Bonchev–Trinajstić information content (AvgIpc) is 1.89. The minimum atomic E-state index is 0.802. The predicted octanol–water partition coefficient (Wildman–Crippen LogP) is 0.946. The van der Waals surface area contributed by atoms with Gasteiger partial charge in [0.15, 0.2) is 0 Å². The minimum absolute atomic E-state index is 0.802. The standard InChI is InChI=1S/C7H12N2/c1-2-6-5-9-4-3-7(6)8/h2,8-9H,3-5H2,1H3/b6-2-,8-7?. The molecule has 2 heteroatoms. The highest BCUT2D eigenvalue weighted by molar-refractivity contribution is 5.98. The van der Waals surface area contributed by atoms with Crippen LogP contribution in [0.4, 0.5) is 0 Å². The second-order valence-corrected chi connectivity index (χ2v) is 2.22. The summed E-state index contributed by atoms with van der Waals surface area (Å²) in [6, 6.07) is 0. The molecule has 0 amide bonds. The first kappa shape index (κ1) is 6.49. The normalized spacial score (nSPS) is 25.0. The lowest BCUT2D eigenvalue weighted by molar-refractivity contribution is 0.727. The quantitative estimate of drug-likeness (QED) is 0.495. The largest absolute Gasteiger partial charge is 0.312 e. The van der Waals surface area contributed by atoms with Gasteiger partial charge in [0.05, 0.1) is 0 Å². The first-order valence-corrected chi connectivity index (χ1v) is 3.28. The molecule has 1 fully saturated rings. The lowest BCUT2D eigenvalue weighted by atomic mass is 10.0. The van der Waals surface area contributed by atoms with E-state index in [0.29, 0.717) is 0 Å². The maximum absolute atomic E-state index is 7.44. The summed E-state index contributed by atoms with van der Waals surface area (Å²) in [7, 11) is 0. The summed E-state index contributed by atoms with van der Waals surface area (Å²) < 4.78 is 0. The monoisotopic (exact) mass is 124 g/mol. The van der Waals surface area contributed by atoms with E-state index >= 15 is 0 Å². The van der Waals surface area contributed by atoms with Gasteiger partial charge in [0.2, 0.25) is 0 Å². The van der Waals surface area contributed by atoms with E-state index in [9.17, 15) is 0 Å². The van der Waals surface area contributed by atoms with Crippen LogP contribution in [0.25, 0.3) is 0 Å². The molecule has 9 heavy (non-hydrogen) atoms. The molecule has 0 radical (unpaired) electrons. The summed E-state index contributed by atoms with van der Waals surface area (Å²) in [6.07, 6.45) is 2.90. The fraction of sp³-hybridized carbons (Fsp3) is 0.571. The molecule has 0 unspecified atom stereocenters. The van der Waals surface area contributed by atoms with Crippen molar-refractivity contribution in [1.82, 2.24) is 5.32 Å². The second-order valence-electron chi connectivity index (χ2n) is 2.22. The van der Waals surface area contributed by atoms with Crippen LogP contribution in [0.2, 0.25) is 0 Å². The maximum Gasteiger partial charge on any atom is 0.0368 e. The van der Waals surface area contributed by atoms with Gasteiger partial charge in [0.25, 0.3) is 0 Å². The summed E-state index contributed by atoms with van der Waals surface area (Å²) in [4.78, 5) is 0. The van der Waals surface area contributed by atoms with Crippen LogP contribution in [-0.4, -0.2) is 18.8 Å². The number of allylic oxidation sites excluding steroid dienone is 1. The second kappa shape index (κ2) is 2.78. The molecule has 0 saturated carbocycles. The Morgan fingerprint density at radius 1 is 1.67 bits per heavy atom. The zero-order chi connectivity index (χ0) is 6.69. The molecule has 0 aromatic rings. The van der Waals surface area contributed by atoms with Crippen molar-refractivity contribution in [3.05, 3.63) is 11.6 Å². The molecule has 1 saturated heterocycles. The molecule has 1 aliphatic rings. The van der Waals surface area contributed by atoms with Crippen molar-refractivity contribution in [2.75, 3.05) is 13.1 Å². The lowest BCUT2D eigenvalue weighted by Gasteiger charge is -2.15. The zero-order valence-corrected chi connectivity index (χ0v) is 5.70. The first-order chi connectivity index (χ1) is 4.34. The van der Waals surface area contributed by atoms with Crippen LogP contribution in [0, 0.1) is 5.41 Å². The molecule has 1 heterocycles.